The summed E-state index contributed by atoms with van der Waals surface area (Å²) < 4.78 is 10.2. The Kier molecular flexibility index (Phi) is 3.87. The number of rotatable bonds is 2. The fourth-order valence-corrected chi connectivity index (χ4v) is 2.01. The maximum atomic E-state index is 12.1. The summed E-state index contributed by atoms with van der Waals surface area (Å²) in [5, 5.41) is 17.7. The number of anilines is 1. The molecule has 0 radical (unpaired) electrons. The number of hydrogen-bond acceptors (Lipinski definition) is 6. The lowest BCUT2D eigenvalue weighted by Crippen LogP contribution is -2.35. The van der Waals surface area contributed by atoms with Crippen molar-refractivity contribution < 1.29 is 24.2 Å². The van der Waals surface area contributed by atoms with Gasteiger partial charge in [-0.2, -0.15) is 0 Å². The van der Waals surface area contributed by atoms with E-state index >= 15 is 0 Å². The first-order chi connectivity index (χ1) is 9.28. The molecule has 0 spiro atoms. The van der Waals surface area contributed by atoms with Gasteiger partial charge in [0.1, 0.15) is 11.4 Å². The first-order valence-corrected chi connectivity index (χ1v) is 6.28. The maximum Gasteiger partial charge on any atom is 0.707 e. The van der Waals surface area contributed by atoms with Gasteiger partial charge in [0.05, 0.1) is 18.1 Å². The van der Waals surface area contributed by atoms with Crippen molar-refractivity contribution >= 4 is 19.1 Å². The highest BCUT2D eigenvalue weighted by Crippen LogP contribution is 2.34. The number of hydrogen-bond donors (Lipinski definition) is 2. The zero-order valence-electron chi connectivity index (χ0n) is 11.7. The minimum Gasteiger partial charge on any atom is -0.510 e. The van der Waals surface area contributed by atoms with Crippen LogP contribution in [0.4, 0.5) is 10.5 Å². The van der Waals surface area contributed by atoms with Crippen LogP contribution in [-0.4, -0.2) is 40.6 Å². The third-order valence-corrected chi connectivity index (χ3v) is 2.72. The van der Waals surface area contributed by atoms with Crippen LogP contribution < -0.4 is 9.55 Å². The van der Waals surface area contributed by atoms with Gasteiger partial charge in [0.2, 0.25) is 0 Å². The highest BCUT2D eigenvalue weighted by molar-refractivity contribution is 6.33. The Morgan fingerprint density at radius 3 is 2.70 bits per heavy atom. The summed E-state index contributed by atoms with van der Waals surface area (Å²) in [7, 11) is -1.92. The molecule has 0 unspecified atom stereocenters. The molecule has 1 aromatic rings. The second-order valence-electron chi connectivity index (χ2n) is 5.46. The summed E-state index contributed by atoms with van der Waals surface area (Å²) in [6.07, 6.45) is 3.00. The number of fused-ring (bicyclic) bond motifs is 1. The minimum absolute atomic E-state index is 0.253. The van der Waals surface area contributed by atoms with Crippen LogP contribution in [0.2, 0.25) is 0 Å². The number of carbonyl (C=O) groups is 1. The molecule has 0 fully saturated rings. The molecule has 0 saturated heterocycles. The van der Waals surface area contributed by atoms with E-state index < -0.39 is 19.0 Å². The van der Waals surface area contributed by atoms with Crippen LogP contribution in [0.1, 0.15) is 26.3 Å². The maximum absolute atomic E-state index is 12.1. The van der Waals surface area contributed by atoms with E-state index in [1.807, 2.05) is 0 Å². The standard InChI is InChI=1S/C12H17BN2O5/c1-12(2,3)19-11(16)15-5-4-8-9(15)6-14-7-10(8)20-13(17)18/h6-7,17-18H,4-5H2,1-3H3. The smallest absolute Gasteiger partial charge is 0.510 e. The van der Waals surface area contributed by atoms with E-state index in [2.05, 4.69) is 4.98 Å². The molecule has 1 aromatic heterocycles. The van der Waals surface area contributed by atoms with Crippen LogP contribution in [0.3, 0.4) is 0 Å². The van der Waals surface area contributed by atoms with Crippen molar-refractivity contribution in [1.29, 1.82) is 0 Å². The predicted molar refractivity (Wildman–Crippen MR) is 72.3 cm³/mol. The van der Waals surface area contributed by atoms with Crippen molar-refractivity contribution in [3.05, 3.63) is 18.0 Å². The monoisotopic (exact) mass is 280 g/mol. The predicted octanol–water partition coefficient (Wildman–Crippen LogP) is 0.727. The van der Waals surface area contributed by atoms with Crippen molar-refractivity contribution in [2.24, 2.45) is 0 Å². The van der Waals surface area contributed by atoms with E-state index in [0.717, 1.165) is 0 Å². The fraction of sp³-hybridized carbons (Fsp3) is 0.500. The van der Waals surface area contributed by atoms with Crippen LogP contribution in [0.25, 0.3) is 0 Å². The molecule has 0 bridgehead atoms. The van der Waals surface area contributed by atoms with Gasteiger partial charge in [-0.25, -0.2) is 4.79 Å². The van der Waals surface area contributed by atoms with Gasteiger partial charge in [-0.15, -0.1) is 0 Å². The molecule has 2 rings (SSSR count). The Morgan fingerprint density at radius 2 is 2.10 bits per heavy atom. The van der Waals surface area contributed by atoms with E-state index in [4.69, 9.17) is 19.4 Å². The molecule has 108 valence electrons. The van der Waals surface area contributed by atoms with Crippen molar-refractivity contribution in [3.63, 3.8) is 0 Å². The van der Waals surface area contributed by atoms with Gasteiger partial charge in [0.25, 0.3) is 0 Å². The first-order valence-electron chi connectivity index (χ1n) is 6.28. The molecule has 2 N–H and O–H groups in total. The number of aromatic nitrogens is 1. The van der Waals surface area contributed by atoms with E-state index in [0.29, 0.717) is 24.2 Å². The highest BCUT2D eigenvalue weighted by atomic mass is 16.6. The van der Waals surface area contributed by atoms with E-state index in [1.165, 1.54) is 17.3 Å². The summed E-state index contributed by atoms with van der Waals surface area (Å²) in [6.45, 7) is 5.82. The molecule has 1 aliphatic rings. The Morgan fingerprint density at radius 1 is 1.40 bits per heavy atom. The van der Waals surface area contributed by atoms with E-state index in [-0.39, 0.29) is 5.75 Å². The highest BCUT2D eigenvalue weighted by Gasteiger charge is 2.31. The van der Waals surface area contributed by atoms with Crippen LogP contribution in [0.15, 0.2) is 12.4 Å². The van der Waals surface area contributed by atoms with Crippen LogP contribution in [0.5, 0.6) is 5.75 Å². The molecule has 7 nitrogen and oxygen atoms in total. The summed E-state index contributed by atoms with van der Waals surface area (Å²) in [6, 6.07) is 0. The normalized spacial score (nSPS) is 13.9. The second kappa shape index (κ2) is 5.30. The molecular weight excluding hydrogens is 263 g/mol. The molecular formula is C12H17BN2O5. The summed E-state index contributed by atoms with van der Waals surface area (Å²) in [4.78, 5) is 17.5. The van der Waals surface area contributed by atoms with Gasteiger partial charge in [-0.1, -0.05) is 0 Å². The Bertz CT molecular complexity index is 515. The third-order valence-electron chi connectivity index (χ3n) is 2.72. The first kappa shape index (κ1) is 14.6. The third kappa shape index (κ3) is 3.20. The second-order valence-corrected chi connectivity index (χ2v) is 5.46. The number of nitrogens with zero attached hydrogens (tertiary/aromatic N) is 2. The fourth-order valence-electron chi connectivity index (χ4n) is 2.01. The van der Waals surface area contributed by atoms with E-state index in [9.17, 15) is 4.79 Å². The lowest BCUT2D eigenvalue weighted by Gasteiger charge is -2.24. The Labute approximate surface area is 117 Å². The van der Waals surface area contributed by atoms with Crippen molar-refractivity contribution in [1.82, 2.24) is 4.98 Å². The molecule has 8 heteroatoms. The molecule has 0 atom stereocenters. The summed E-state index contributed by atoms with van der Waals surface area (Å²) in [5.41, 5.74) is 0.694. The quantitative estimate of drug-likeness (QED) is 0.776. The number of carbonyl (C=O) groups excluding carboxylic acids is 1. The van der Waals surface area contributed by atoms with Crippen molar-refractivity contribution in [2.45, 2.75) is 32.8 Å². The van der Waals surface area contributed by atoms with Crippen molar-refractivity contribution in [2.75, 3.05) is 11.4 Å². The van der Waals surface area contributed by atoms with E-state index in [1.54, 1.807) is 20.8 Å². The zero-order chi connectivity index (χ0) is 14.9. The SMILES string of the molecule is CC(C)(C)OC(=O)N1CCc2c(OB(O)O)cncc21. The lowest BCUT2D eigenvalue weighted by atomic mass is 10.1. The molecule has 0 aliphatic carbocycles. The zero-order valence-corrected chi connectivity index (χ0v) is 11.7. The van der Waals surface area contributed by atoms with Crippen LogP contribution in [0, 0.1) is 0 Å². The van der Waals surface area contributed by atoms with Gasteiger partial charge in [0.15, 0.2) is 0 Å². The number of amides is 1. The summed E-state index contributed by atoms with van der Waals surface area (Å²) in [5.74, 6) is 0.253. The van der Waals surface area contributed by atoms with Gasteiger partial charge < -0.3 is 19.4 Å². The largest absolute Gasteiger partial charge is 0.707 e. The van der Waals surface area contributed by atoms with Gasteiger partial charge in [-0.3, -0.25) is 9.88 Å². The van der Waals surface area contributed by atoms with Crippen molar-refractivity contribution in [3.8, 4) is 5.75 Å². The number of ether oxygens (including phenoxy) is 1. The average molecular weight is 280 g/mol. The molecule has 0 saturated carbocycles. The molecule has 20 heavy (non-hydrogen) atoms. The topological polar surface area (TPSA) is 92.1 Å². The van der Waals surface area contributed by atoms with Gasteiger partial charge in [0, 0.05) is 12.1 Å². The van der Waals surface area contributed by atoms with Crippen LogP contribution in [-0.2, 0) is 11.2 Å². The molecule has 2 heterocycles. The van der Waals surface area contributed by atoms with Gasteiger partial charge >= 0.3 is 13.4 Å². The molecule has 1 aliphatic heterocycles. The lowest BCUT2D eigenvalue weighted by molar-refractivity contribution is 0.0584. The minimum atomic E-state index is -1.92. The van der Waals surface area contributed by atoms with Gasteiger partial charge in [-0.05, 0) is 27.2 Å². The summed E-state index contributed by atoms with van der Waals surface area (Å²) >= 11 is 0. The molecule has 0 aromatic carbocycles. The Balaban J connectivity index is 2.23. The van der Waals surface area contributed by atoms with Crippen LogP contribution >= 0.6 is 0 Å². The molecule has 1 amide bonds. The number of pyridine rings is 1. The average Bonchev–Trinajstić information content (AvgIpc) is 2.70. The Hall–Kier alpha value is -1.80.